The van der Waals surface area contributed by atoms with Gasteiger partial charge in [0.15, 0.2) is 11.6 Å². The van der Waals surface area contributed by atoms with Crippen molar-refractivity contribution in [2.75, 3.05) is 0 Å². The zero-order valence-corrected chi connectivity index (χ0v) is 5.58. The van der Waals surface area contributed by atoms with Crippen molar-refractivity contribution in [1.29, 1.82) is 0 Å². The van der Waals surface area contributed by atoms with Crippen LogP contribution in [0.3, 0.4) is 0 Å². The largest absolute Gasteiger partial charge is 0.234 e. The summed E-state index contributed by atoms with van der Waals surface area (Å²) in [4.78, 5) is 7.39. The number of nitrogens with zero attached hydrogens (tertiary/aromatic N) is 2. The molecule has 52 valence electrons. The van der Waals surface area contributed by atoms with E-state index in [1.54, 1.807) is 12.2 Å². The molecule has 0 saturated carbocycles. The molecule has 0 aliphatic rings. The summed E-state index contributed by atoms with van der Waals surface area (Å²) >= 11 is 0. The molecule has 0 bridgehead atoms. The minimum Gasteiger partial charge on any atom is -0.234 e. The Bertz CT molecular complexity index is 228. The summed E-state index contributed by atoms with van der Waals surface area (Å²) in [5.41, 5.74) is 0. The summed E-state index contributed by atoms with van der Waals surface area (Å²) in [5, 5.41) is 0. The lowest BCUT2D eigenvalue weighted by molar-refractivity contribution is 0.612. The van der Waals surface area contributed by atoms with E-state index in [1.807, 2.05) is 6.92 Å². The highest BCUT2D eigenvalue weighted by atomic mass is 19.1. The topological polar surface area (TPSA) is 25.8 Å². The highest BCUT2D eigenvalue weighted by Gasteiger charge is 1.89. The van der Waals surface area contributed by atoms with Gasteiger partial charge in [0.25, 0.3) is 0 Å². The first-order chi connectivity index (χ1) is 4.83. The van der Waals surface area contributed by atoms with Gasteiger partial charge in [0, 0.05) is 0 Å². The van der Waals surface area contributed by atoms with Gasteiger partial charge in [0.2, 0.25) is 0 Å². The van der Waals surface area contributed by atoms with Crippen LogP contribution in [0, 0.1) is 5.82 Å². The molecule has 0 fully saturated rings. The second-order valence-electron chi connectivity index (χ2n) is 1.76. The number of hydrogen-bond donors (Lipinski definition) is 0. The Labute approximate surface area is 58.4 Å². The minimum absolute atomic E-state index is 0.409. The van der Waals surface area contributed by atoms with Crippen molar-refractivity contribution in [3.63, 3.8) is 0 Å². The quantitative estimate of drug-likeness (QED) is 0.589. The Morgan fingerprint density at radius 2 is 2.00 bits per heavy atom. The first-order valence-corrected chi connectivity index (χ1v) is 2.93. The molecule has 1 rings (SSSR count). The molecule has 1 heterocycles. The molecule has 0 aliphatic carbocycles. The summed E-state index contributed by atoms with van der Waals surface area (Å²) in [5.74, 6) is 0.122. The molecular weight excluding hydrogens is 131 g/mol. The molecule has 1 aromatic rings. The van der Waals surface area contributed by atoms with Crippen molar-refractivity contribution < 1.29 is 4.39 Å². The third-order valence-corrected chi connectivity index (χ3v) is 0.956. The third kappa shape index (κ3) is 1.62. The van der Waals surface area contributed by atoms with E-state index in [1.165, 1.54) is 0 Å². The van der Waals surface area contributed by atoms with Crippen molar-refractivity contribution in [2.45, 2.75) is 6.92 Å². The van der Waals surface area contributed by atoms with Gasteiger partial charge in [-0.25, -0.2) is 14.4 Å². The molecule has 2 nitrogen and oxygen atoms in total. The van der Waals surface area contributed by atoms with E-state index >= 15 is 0 Å². The van der Waals surface area contributed by atoms with Crippen LogP contribution in [0.15, 0.2) is 18.5 Å². The van der Waals surface area contributed by atoms with Gasteiger partial charge in [-0.15, -0.1) is 0 Å². The van der Waals surface area contributed by atoms with E-state index in [-0.39, 0.29) is 0 Å². The van der Waals surface area contributed by atoms with Gasteiger partial charge < -0.3 is 0 Å². The van der Waals surface area contributed by atoms with Crippen molar-refractivity contribution in [3.05, 3.63) is 30.1 Å². The molecule has 0 spiro atoms. The normalized spacial score (nSPS) is 10.6. The van der Waals surface area contributed by atoms with Crippen molar-refractivity contribution in [2.24, 2.45) is 0 Å². The van der Waals surface area contributed by atoms with Crippen LogP contribution >= 0.6 is 0 Å². The third-order valence-electron chi connectivity index (χ3n) is 0.956. The average molecular weight is 138 g/mol. The standard InChI is InChI=1S/C7H7FN2/c1-2-3-7-9-4-6(8)5-10-7/h2-5H,1H3/b3-2+. The summed E-state index contributed by atoms with van der Waals surface area (Å²) in [6, 6.07) is 0. The van der Waals surface area contributed by atoms with Gasteiger partial charge in [0.1, 0.15) is 0 Å². The molecule has 0 amide bonds. The summed E-state index contributed by atoms with van der Waals surface area (Å²) in [6.45, 7) is 1.85. The fraction of sp³-hybridized carbons (Fsp3) is 0.143. The fourth-order valence-electron chi connectivity index (χ4n) is 0.557. The van der Waals surface area contributed by atoms with E-state index in [9.17, 15) is 4.39 Å². The van der Waals surface area contributed by atoms with Gasteiger partial charge in [0.05, 0.1) is 12.4 Å². The number of rotatable bonds is 1. The molecule has 0 unspecified atom stereocenters. The van der Waals surface area contributed by atoms with Crippen LogP contribution in [-0.4, -0.2) is 9.97 Å². The first kappa shape index (κ1) is 6.86. The van der Waals surface area contributed by atoms with Gasteiger partial charge >= 0.3 is 0 Å². The fourth-order valence-corrected chi connectivity index (χ4v) is 0.557. The lowest BCUT2D eigenvalue weighted by Gasteiger charge is -1.88. The molecule has 3 heteroatoms. The predicted molar refractivity (Wildman–Crippen MR) is 36.7 cm³/mol. The maximum Gasteiger partial charge on any atom is 0.159 e. The van der Waals surface area contributed by atoms with E-state index < -0.39 is 5.82 Å². The average Bonchev–Trinajstić information content (AvgIpc) is 1.95. The molecule has 10 heavy (non-hydrogen) atoms. The Hall–Kier alpha value is -1.25. The zero-order valence-electron chi connectivity index (χ0n) is 5.58. The molecular formula is C7H7FN2. The molecule has 0 aliphatic heterocycles. The summed E-state index contributed by atoms with van der Waals surface area (Å²) in [7, 11) is 0. The monoisotopic (exact) mass is 138 g/mol. The maximum absolute atomic E-state index is 12.2. The van der Waals surface area contributed by atoms with Crippen LogP contribution in [0.5, 0.6) is 0 Å². The summed E-state index contributed by atoms with van der Waals surface area (Å²) in [6.07, 6.45) is 5.79. The maximum atomic E-state index is 12.2. The van der Waals surface area contributed by atoms with Crippen molar-refractivity contribution in [1.82, 2.24) is 9.97 Å². The second kappa shape index (κ2) is 3.06. The highest BCUT2D eigenvalue weighted by molar-refractivity contribution is 5.37. The van der Waals surface area contributed by atoms with Gasteiger partial charge in [-0.1, -0.05) is 6.08 Å². The van der Waals surface area contributed by atoms with Gasteiger partial charge in [-0.3, -0.25) is 0 Å². The van der Waals surface area contributed by atoms with E-state index in [4.69, 9.17) is 0 Å². The lowest BCUT2D eigenvalue weighted by Crippen LogP contribution is -1.86. The van der Waals surface area contributed by atoms with Crippen LogP contribution in [0.4, 0.5) is 4.39 Å². The molecule has 1 aromatic heterocycles. The Balaban J connectivity index is 2.89. The van der Waals surface area contributed by atoms with Crippen molar-refractivity contribution >= 4 is 6.08 Å². The Morgan fingerprint density at radius 1 is 1.40 bits per heavy atom. The highest BCUT2D eigenvalue weighted by Crippen LogP contribution is 1.94. The van der Waals surface area contributed by atoms with Crippen LogP contribution in [0.1, 0.15) is 12.7 Å². The van der Waals surface area contributed by atoms with E-state index in [0.29, 0.717) is 5.82 Å². The van der Waals surface area contributed by atoms with Crippen LogP contribution in [0.2, 0.25) is 0 Å². The Kier molecular flexibility index (Phi) is 2.10. The summed E-state index contributed by atoms with van der Waals surface area (Å²) < 4.78 is 12.2. The Morgan fingerprint density at radius 3 is 2.50 bits per heavy atom. The van der Waals surface area contributed by atoms with Crippen molar-refractivity contribution in [3.8, 4) is 0 Å². The lowest BCUT2D eigenvalue weighted by atomic mass is 10.5. The van der Waals surface area contributed by atoms with E-state index in [0.717, 1.165) is 12.4 Å². The molecule has 0 radical (unpaired) electrons. The smallest absolute Gasteiger partial charge is 0.159 e. The predicted octanol–water partition coefficient (Wildman–Crippen LogP) is 1.65. The zero-order chi connectivity index (χ0) is 7.40. The van der Waals surface area contributed by atoms with Gasteiger partial charge in [-0.2, -0.15) is 0 Å². The van der Waals surface area contributed by atoms with Crippen LogP contribution in [-0.2, 0) is 0 Å². The minimum atomic E-state index is -0.409. The molecule has 0 N–H and O–H groups in total. The second-order valence-corrected chi connectivity index (χ2v) is 1.76. The van der Waals surface area contributed by atoms with Crippen LogP contribution < -0.4 is 0 Å². The van der Waals surface area contributed by atoms with Crippen LogP contribution in [0.25, 0.3) is 6.08 Å². The number of hydrogen-bond acceptors (Lipinski definition) is 2. The molecule has 0 aromatic carbocycles. The molecule has 0 atom stereocenters. The number of aromatic nitrogens is 2. The number of halogens is 1. The van der Waals surface area contributed by atoms with Gasteiger partial charge in [-0.05, 0) is 13.0 Å². The first-order valence-electron chi connectivity index (χ1n) is 2.93. The molecule has 0 saturated heterocycles. The van der Waals surface area contributed by atoms with E-state index in [2.05, 4.69) is 9.97 Å². The number of allylic oxidation sites excluding steroid dienone is 1. The SMILES string of the molecule is C/C=C/c1ncc(F)cn1.